The summed E-state index contributed by atoms with van der Waals surface area (Å²) in [6, 6.07) is 3.36. The second-order valence-corrected chi connectivity index (χ2v) is 14.0. The Morgan fingerprint density at radius 3 is 2.15 bits per heavy atom. The number of cyclic esters (lactones) is 1. The fourth-order valence-corrected chi connectivity index (χ4v) is 6.65. The standard InChI is InChI=1S/C35H56N4O8/c1-35(2,3)47-34(42)39(33(41)45-26-16-21-38(36)22-17-26)25-14-19-37(20-15-25)18-12-10-8-6-7-9-11-13-29-28-23-27(43-4)24-30(44-5)31(28)32(40)46-29/h23-26,29H,6-22,36H2,1-5H3/t29-/m1/s1. The highest BCUT2D eigenvalue weighted by Crippen LogP contribution is 2.41. The van der Waals surface area contributed by atoms with Gasteiger partial charge in [-0.1, -0.05) is 32.1 Å². The van der Waals surface area contributed by atoms with Crippen LogP contribution >= 0.6 is 0 Å². The summed E-state index contributed by atoms with van der Waals surface area (Å²) in [6.07, 6.45) is 9.69. The number of nitrogens with zero attached hydrogens (tertiary/aromatic N) is 3. The zero-order chi connectivity index (χ0) is 34.0. The van der Waals surface area contributed by atoms with Gasteiger partial charge in [0.15, 0.2) is 0 Å². The molecule has 2 saturated heterocycles. The third kappa shape index (κ3) is 10.7. The Morgan fingerprint density at radius 2 is 1.53 bits per heavy atom. The van der Waals surface area contributed by atoms with Crippen molar-refractivity contribution < 1.29 is 38.1 Å². The van der Waals surface area contributed by atoms with Crippen molar-refractivity contribution in [3.8, 4) is 11.5 Å². The number of carbonyl (C=O) groups excluding carboxylic acids is 3. The quantitative estimate of drug-likeness (QED) is 0.106. The van der Waals surface area contributed by atoms with Crippen molar-refractivity contribution >= 4 is 18.2 Å². The van der Waals surface area contributed by atoms with E-state index in [-0.39, 0.29) is 24.2 Å². The Bertz CT molecular complexity index is 1190. The minimum atomic E-state index is -0.707. The van der Waals surface area contributed by atoms with Gasteiger partial charge >= 0.3 is 18.2 Å². The van der Waals surface area contributed by atoms with Crippen LogP contribution in [-0.4, -0.2) is 97.7 Å². The highest BCUT2D eigenvalue weighted by atomic mass is 16.6. The number of fused-ring (bicyclic) bond motifs is 1. The normalized spacial score (nSPS) is 19.6. The number of benzene rings is 1. The maximum Gasteiger partial charge on any atom is 0.420 e. The third-order valence-electron chi connectivity index (χ3n) is 9.26. The number of unbranched alkanes of at least 4 members (excludes halogenated alkanes) is 6. The molecule has 12 heteroatoms. The van der Waals surface area contributed by atoms with Crippen molar-refractivity contribution in [1.29, 1.82) is 0 Å². The number of amides is 2. The highest BCUT2D eigenvalue weighted by Gasteiger charge is 2.38. The first kappa shape index (κ1) is 36.7. The number of hydrogen-bond acceptors (Lipinski definition) is 11. The van der Waals surface area contributed by atoms with E-state index in [0.717, 1.165) is 57.3 Å². The maximum absolute atomic E-state index is 13.2. The van der Waals surface area contributed by atoms with Crippen LogP contribution in [0.1, 0.15) is 120 Å². The number of rotatable bonds is 14. The zero-order valence-electron chi connectivity index (χ0n) is 29.1. The predicted octanol–water partition coefficient (Wildman–Crippen LogP) is 6.21. The van der Waals surface area contributed by atoms with E-state index in [9.17, 15) is 14.4 Å². The molecule has 3 aliphatic heterocycles. The number of ether oxygens (including phenoxy) is 5. The summed E-state index contributed by atoms with van der Waals surface area (Å²) in [7, 11) is 3.15. The molecule has 0 bridgehead atoms. The summed E-state index contributed by atoms with van der Waals surface area (Å²) in [6.45, 7) is 9.39. The van der Waals surface area contributed by atoms with Gasteiger partial charge in [0.05, 0.1) is 14.2 Å². The first-order valence-electron chi connectivity index (χ1n) is 17.4. The minimum absolute atomic E-state index is 0.242. The number of carbonyl (C=O) groups is 3. The molecule has 0 unspecified atom stereocenters. The first-order valence-corrected chi connectivity index (χ1v) is 17.4. The van der Waals surface area contributed by atoms with Crippen molar-refractivity contribution in [1.82, 2.24) is 14.8 Å². The maximum atomic E-state index is 13.2. The van der Waals surface area contributed by atoms with E-state index in [2.05, 4.69) is 4.90 Å². The van der Waals surface area contributed by atoms with Gasteiger partial charge in [0.25, 0.3) is 0 Å². The van der Waals surface area contributed by atoms with Crippen molar-refractivity contribution in [3.05, 3.63) is 23.3 Å². The van der Waals surface area contributed by atoms with Gasteiger partial charge in [0.1, 0.15) is 34.9 Å². The monoisotopic (exact) mass is 660 g/mol. The lowest BCUT2D eigenvalue weighted by molar-refractivity contribution is -0.0100. The SMILES string of the molecule is COc1cc(OC)c2c(c1)[C@@H](CCCCCCCCCN1CCC(N(C(=O)OC3CCN(N)CC3)C(=O)OC(C)(C)C)CC1)OC2=O. The van der Waals surface area contributed by atoms with Gasteiger partial charge in [-0.2, -0.15) is 0 Å². The topological polar surface area (TPSA) is 133 Å². The van der Waals surface area contributed by atoms with Crippen molar-refractivity contribution in [2.45, 2.75) is 122 Å². The first-order chi connectivity index (χ1) is 22.5. The molecule has 0 saturated carbocycles. The van der Waals surface area contributed by atoms with Crippen LogP contribution in [-0.2, 0) is 14.2 Å². The molecular formula is C35H56N4O8. The predicted molar refractivity (Wildman–Crippen MR) is 177 cm³/mol. The molecule has 12 nitrogen and oxygen atoms in total. The average molecular weight is 661 g/mol. The van der Waals surface area contributed by atoms with Crippen LogP contribution < -0.4 is 15.3 Å². The van der Waals surface area contributed by atoms with E-state index in [0.29, 0.717) is 55.8 Å². The summed E-state index contributed by atoms with van der Waals surface area (Å²) < 4.78 is 27.8. The Kier molecular flexibility index (Phi) is 13.6. The van der Waals surface area contributed by atoms with Gasteiger partial charge in [0.2, 0.25) is 0 Å². The lowest BCUT2D eigenvalue weighted by atomic mass is 9.98. The van der Waals surface area contributed by atoms with Crippen LogP contribution in [0.25, 0.3) is 0 Å². The van der Waals surface area contributed by atoms with Crippen LogP contribution in [0.5, 0.6) is 11.5 Å². The Balaban J connectivity index is 1.11. The molecule has 1 aromatic rings. The number of methoxy groups -OCH3 is 2. The fraction of sp³-hybridized carbons (Fsp3) is 0.743. The summed E-state index contributed by atoms with van der Waals surface area (Å²) >= 11 is 0. The van der Waals surface area contributed by atoms with Crippen LogP contribution in [0, 0.1) is 0 Å². The Morgan fingerprint density at radius 1 is 0.894 bits per heavy atom. The highest BCUT2D eigenvalue weighted by molar-refractivity contribution is 5.97. The van der Waals surface area contributed by atoms with E-state index < -0.39 is 17.8 Å². The molecule has 264 valence electrons. The molecule has 0 radical (unpaired) electrons. The van der Waals surface area contributed by atoms with Crippen LogP contribution in [0.15, 0.2) is 12.1 Å². The van der Waals surface area contributed by atoms with E-state index in [1.807, 2.05) is 6.07 Å². The van der Waals surface area contributed by atoms with Gasteiger partial charge in [-0.25, -0.2) is 24.3 Å². The number of hydrogen-bond donors (Lipinski definition) is 1. The smallest absolute Gasteiger partial charge is 0.420 e. The van der Waals surface area contributed by atoms with Gasteiger partial charge in [0, 0.05) is 43.9 Å². The molecule has 2 N–H and O–H groups in total. The molecule has 47 heavy (non-hydrogen) atoms. The molecule has 1 aromatic carbocycles. The van der Waals surface area contributed by atoms with Crippen LogP contribution in [0.3, 0.4) is 0 Å². The number of nitrogens with two attached hydrogens (primary N) is 1. The molecular weight excluding hydrogens is 604 g/mol. The van der Waals surface area contributed by atoms with E-state index in [4.69, 9.17) is 29.5 Å². The third-order valence-corrected chi connectivity index (χ3v) is 9.26. The van der Waals surface area contributed by atoms with E-state index in [1.165, 1.54) is 24.2 Å². The van der Waals surface area contributed by atoms with Crippen LogP contribution in [0.4, 0.5) is 9.59 Å². The molecule has 0 aromatic heterocycles. The fourth-order valence-electron chi connectivity index (χ4n) is 6.65. The number of hydrazine groups is 1. The van der Waals surface area contributed by atoms with E-state index in [1.54, 1.807) is 46.1 Å². The summed E-state index contributed by atoms with van der Waals surface area (Å²) in [5.41, 5.74) is 0.669. The number of esters is 1. The van der Waals surface area contributed by atoms with Gasteiger partial charge < -0.3 is 28.6 Å². The molecule has 1 atom stereocenters. The summed E-state index contributed by atoms with van der Waals surface area (Å²) in [4.78, 5) is 42.4. The lowest BCUT2D eigenvalue weighted by Crippen LogP contribution is -2.52. The number of piperidine rings is 2. The average Bonchev–Trinajstić information content (AvgIpc) is 3.35. The van der Waals surface area contributed by atoms with Gasteiger partial charge in [-0.05, 0) is 78.3 Å². The second kappa shape index (κ2) is 17.3. The Labute approximate surface area is 280 Å². The Hall–Kier alpha value is -3.09. The largest absolute Gasteiger partial charge is 0.497 e. The number of likely N-dealkylation sites (tertiary alicyclic amines) is 1. The molecule has 3 heterocycles. The van der Waals surface area contributed by atoms with Crippen molar-refractivity contribution in [3.63, 3.8) is 0 Å². The van der Waals surface area contributed by atoms with E-state index >= 15 is 0 Å². The summed E-state index contributed by atoms with van der Waals surface area (Å²) in [5.74, 6) is 6.68. The van der Waals surface area contributed by atoms with Crippen molar-refractivity contribution in [2.75, 3.05) is 46.9 Å². The summed E-state index contributed by atoms with van der Waals surface area (Å²) in [5, 5.41) is 1.72. The molecule has 0 aliphatic carbocycles. The molecule has 0 spiro atoms. The molecule has 4 rings (SSSR count). The van der Waals surface area contributed by atoms with Gasteiger partial charge in [-0.15, -0.1) is 0 Å². The molecule has 2 amide bonds. The zero-order valence-corrected chi connectivity index (χ0v) is 29.1. The molecule has 3 aliphatic rings. The lowest BCUT2D eigenvalue weighted by Gasteiger charge is -2.38. The van der Waals surface area contributed by atoms with Crippen molar-refractivity contribution in [2.24, 2.45) is 5.84 Å². The number of imide groups is 1. The minimum Gasteiger partial charge on any atom is -0.497 e. The van der Waals surface area contributed by atoms with Crippen LogP contribution in [0.2, 0.25) is 0 Å². The molecule has 2 fully saturated rings. The van der Waals surface area contributed by atoms with Gasteiger partial charge in [-0.3, -0.25) is 5.84 Å². The second-order valence-electron chi connectivity index (χ2n) is 14.0.